The van der Waals surface area contributed by atoms with Crippen LogP contribution in [0.3, 0.4) is 0 Å². The number of nitrogens with zero attached hydrogens (tertiary/aromatic N) is 1. The molecule has 1 unspecified atom stereocenters. The van der Waals surface area contributed by atoms with Gasteiger partial charge in [-0.25, -0.2) is 4.39 Å². The van der Waals surface area contributed by atoms with E-state index in [4.69, 9.17) is 34.8 Å². The second kappa shape index (κ2) is 11.7. The predicted molar refractivity (Wildman–Crippen MR) is 124 cm³/mol. The summed E-state index contributed by atoms with van der Waals surface area (Å²) in [6.07, 6.45) is 0.108. The molecule has 0 aliphatic rings. The van der Waals surface area contributed by atoms with Crippen molar-refractivity contribution in [1.29, 1.82) is 0 Å². The molecule has 0 spiro atoms. The van der Waals surface area contributed by atoms with E-state index in [0.29, 0.717) is 28.6 Å². The van der Waals surface area contributed by atoms with Crippen LogP contribution in [0.25, 0.3) is 0 Å². The monoisotopic (exact) mass is 486 g/mol. The molecule has 2 aromatic rings. The Kier molecular flexibility index (Phi) is 9.60. The molecule has 1 N–H and O–H groups in total. The molecule has 1 atom stereocenters. The van der Waals surface area contributed by atoms with E-state index in [1.165, 1.54) is 23.1 Å². The minimum absolute atomic E-state index is 0.0779. The van der Waals surface area contributed by atoms with Gasteiger partial charge in [-0.15, -0.1) is 0 Å². The number of nitrogens with one attached hydrogen (secondary N) is 1. The first-order valence-corrected chi connectivity index (χ1v) is 11.2. The van der Waals surface area contributed by atoms with Crippen molar-refractivity contribution < 1.29 is 14.0 Å². The largest absolute Gasteiger partial charge is 0.354 e. The van der Waals surface area contributed by atoms with Gasteiger partial charge in [-0.2, -0.15) is 0 Å². The lowest BCUT2D eigenvalue weighted by molar-refractivity contribution is -0.141. The van der Waals surface area contributed by atoms with Crippen molar-refractivity contribution in [3.8, 4) is 0 Å². The predicted octanol–water partition coefficient (Wildman–Crippen LogP) is 5.91. The third kappa shape index (κ3) is 7.09. The minimum atomic E-state index is -0.747. The molecule has 0 aromatic heterocycles. The Morgan fingerprint density at radius 1 is 1.10 bits per heavy atom. The molecule has 8 heteroatoms. The number of hydrogen-bond acceptors (Lipinski definition) is 2. The topological polar surface area (TPSA) is 49.4 Å². The third-order valence-corrected chi connectivity index (χ3v) is 5.76. The van der Waals surface area contributed by atoms with Gasteiger partial charge in [0.25, 0.3) is 0 Å². The molecule has 4 nitrogen and oxygen atoms in total. The highest BCUT2D eigenvalue weighted by Gasteiger charge is 2.30. The van der Waals surface area contributed by atoms with Crippen LogP contribution in [0.4, 0.5) is 4.39 Å². The van der Waals surface area contributed by atoms with Gasteiger partial charge in [0.2, 0.25) is 11.8 Å². The average molecular weight is 488 g/mol. The summed E-state index contributed by atoms with van der Waals surface area (Å²) in [6.45, 7) is 6.35. The van der Waals surface area contributed by atoms with E-state index < -0.39 is 17.8 Å². The van der Waals surface area contributed by atoms with Gasteiger partial charge < -0.3 is 10.2 Å². The maximum absolute atomic E-state index is 14.3. The highest BCUT2D eigenvalue weighted by molar-refractivity contribution is 6.35. The van der Waals surface area contributed by atoms with Crippen LogP contribution >= 0.6 is 34.8 Å². The molecule has 31 heavy (non-hydrogen) atoms. The summed E-state index contributed by atoms with van der Waals surface area (Å²) < 4.78 is 14.3. The molecule has 0 heterocycles. The summed E-state index contributed by atoms with van der Waals surface area (Å²) in [5, 5.41) is 3.89. The SMILES string of the molecule is CCC(C(=O)NCC(C)C)N(Cc1ccc(Cl)cc1Cl)C(=O)Cc1c(F)cccc1Cl. The quantitative estimate of drug-likeness (QED) is 0.478. The molecule has 0 bridgehead atoms. The standard InChI is InChI=1S/C23H26Cl3FN2O2/c1-4-21(23(31)28-12-14(2)3)29(13-15-8-9-16(24)10-19(15)26)22(30)11-17-18(25)6-5-7-20(17)27/h5-10,14,21H,4,11-13H2,1-3H3,(H,28,31). The molecule has 168 valence electrons. The van der Waals surface area contributed by atoms with Gasteiger partial charge in [0.15, 0.2) is 0 Å². The van der Waals surface area contributed by atoms with Crippen LogP contribution in [0.15, 0.2) is 36.4 Å². The van der Waals surface area contributed by atoms with Gasteiger partial charge in [0.1, 0.15) is 11.9 Å². The fraction of sp³-hybridized carbons (Fsp3) is 0.391. The molecule has 0 aliphatic heterocycles. The zero-order valence-electron chi connectivity index (χ0n) is 17.7. The molecule has 2 amide bonds. The molecule has 0 aliphatic carbocycles. The second-order valence-corrected chi connectivity index (χ2v) is 8.95. The molecule has 0 fully saturated rings. The molecule has 0 saturated heterocycles. The number of benzene rings is 2. The molecular formula is C23H26Cl3FN2O2. The van der Waals surface area contributed by atoms with Crippen LogP contribution in [0.2, 0.25) is 15.1 Å². The first-order chi connectivity index (χ1) is 14.6. The van der Waals surface area contributed by atoms with Crippen molar-refractivity contribution in [3.63, 3.8) is 0 Å². The van der Waals surface area contributed by atoms with E-state index in [1.54, 1.807) is 18.2 Å². The Labute approximate surface area is 197 Å². The lowest BCUT2D eigenvalue weighted by Gasteiger charge is -2.31. The van der Waals surface area contributed by atoms with E-state index in [1.807, 2.05) is 20.8 Å². The fourth-order valence-electron chi connectivity index (χ4n) is 3.13. The van der Waals surface area contributed by atoms with Gasteiger partial charge in [0.05, 0.1) is 6.42 Å². The lowest BCUT2D eigenvalue weighted by Crippen LogP contribution is -2.50. The third-order valence-electron chi connectivity index (χ3n) is 4.82. The van der Waals surface area contributed by atoms with E-state index in [-0.39, 0.29) is 35.4 Å². The molecule has 0 radical (unpaired) electrons. The molecule has 0 saturated carbocycles. The summed E-state index contributed by atoms with van der Waals surface area (Å²) in [5.74, 6) is -1.00. The van der Waals surface area contributed by atoms with E-state index in [9.17, 15) is 14.0 Å². The van der Waals surface area contributed by atoms with Crippen LogP contribution in [0.1, 0.15) is 38.3 Å². The van der Waals surface area contributed by atoms with Crippen molar-refractivity contribution in [2.75, 3.05) is 6.54 Å². The van der Waals surface area contributed by atoms with Crippen LogP contribution in [0.5, 0.6) is 0 Å². The van der Waals surface area contributed by atoms with Crippen LogP contribution in [0, 0.1) is 11.7 Å². The highest BCUT2D eigenvalue weighted by Crippen LogP contribution is 2.25. The van der Waals surface area contributed by atoms with Crippen LogP contribution in [-0.4, -0.2) is 29.3 Å². The summed E-state index contributed by atoms with van der Waals surface area (Å²) in [7, 11) is 0. The van der Waals surface area contributed by atoms with Crippen molar-refractivity contribution in [2.45, 2.75) is 46.2 Å². The number of carbonyl (C=O) groups excluding carboxylic acids is 2. The van der Waals surface area contributed by atoms with Gasteiger partial charge in [-0.3, -0.25) is 9.59 Å². The van der Waals surface area contributed by atoms with Gasteiger partial charge in [0, 0.05) is 33.7 Å². The van der Waals surface area contributed by atoms with E-state index in [0.717, 1.165) is 0 Å². The van der Waals surface area contributed by atoms with Crippen molar-refractivity contribution in [1.82, 2.24) is 10.2 Å². The smallest absolute Gasteiger partial charge is 0.242 e. The zero-order valence-corrected chi connectivity index (χ0v) is 20.0. The number of carbonyl (C=O) groups is 2. The number of hydrogen-bond donors (Lipinski definition) is 1. The summed E-state index contributed by atoms with van der Waals surface area (Å²) in [5.41, 5.74) is 0.730. The number of rotatable bonds is 9. The van der Waals surface area contributed by atoms with Crippen LogP contribution < -0.4 is 5.32 Å². The van der Waals surface area contributed by atoms with Gasteiger partial charge in [-0.1, -0.05) is 67.7 Å². The zero-order chi connectivity index (χ0) is 23.1. The fourth-order valence-corrected chi connectivity index (χ4v) is 3.83. The van der Waals surface area contributed by atoms with E-state index in [2.05, 4.69) is 5.32 Å². The summed E-state index contributed by atoms with van der Waals surface area (Å²) in [6, 6.07) is 8.46. The molecule has 2 rings (SSSR count). The maximum Gasteiger partial charge on any atom is 0.242 e. The minimum Gasteiger partial charge on any atom is -0.354 e. The molecule has 2 aromatic carbocycles. The Balaban J connectivity index is 2.37. The van der Waals surface area contributed by atoms with E-state index >= 15 is 0 Å². The van der Waals surface area contributed by atoms with Gasteiger partial charge >= 0.3 is 0 Å². The molecular weight excluding hydrogens is 462 g/mol. The number of halogens is 4. The Morgan fingerprint density at radius 3 is 2.39 bits per heavy atom. The van der Waals surface area contributed by atoms with Crippen LogP contribution in [-0.2, 0) is 22.6 Å². The van der Waals surface area contributed by atoms with Crippen molar-refractivity contribution in [3.05, 3.63) is 68.4 Å². The lowest BCUT2D eigenvalue weighted by atomic mass is 10.1. The normalized spacial score (nSPS) is 12.0. The Morgan fingerprint density at radius 2 is 1.81 bits per heavy atom. The summed E-state index contributed by atoms with van der Waals surface area (Å²) in [4.78, 5) is 27.6. The van der Waals surface area contributed by atoms with Gasteiger partial charge in [-0.05, 0) is 42.2 Å². The number of amides is 2. The maximum atomic E-state index is 14.3. The highest BCUT2D eigenvalue weighted by atomic mass is 35.5. The van der Waals surface area contributed by atoms with Crippen molar-refractivity contribution in [2.24, 2.45) is 5.92 Å². The Hall–Kier alpha value is -1.82. The Bertz CT molecular complexity index is 917. The van der Waals surface area contributed by atoms with Crippen molar-refractivity contribution >= 4 is 46.6 Å². The summed E-state index contributed by atoms with van der Waals surface area (Å²) >= 11 is 18.4. The first-order valence-electron chi connectivity index (χ1n) is 10.1. The average Bonchev–Trinajstić information content (AvgIpc) is 2.70. The second-order valence-electron chi connectivity index (χ2n) is 7.70. The first kappa shape index (κ1) is 25.4.